The molecule has 0 aliphatic heterocycles. The van der Waals surface area contributed by atoms with E-state index < -0.39 is 0 Å². The minimum atomic E-state index is 0.190. The summed E-state index contributed by atoms with van der Waals surface area (Å²) in [6, 6.07) is 0.339. The monoisotopic (exact) mass is 185 g/mol. The molecular formula is C11H23NO. The molecule has 0 saturated carbocycles. The second kappa shape index (κ2) is 6.01. The molecule has 0 aromatic carbocycles. The Hall–Kier alpha value is -0.530. The molecule has 13 heavy (non-hydrogen) atoms. The van der Waals surface area contributed by atoms with E-state index in [1.165, 1.54) is 0 Å². The van der Waals surface area contributed by atoms with E-state index in [1.54, 1.807) is 0 Å². The molecule has 1 amide bonds. The number of amides is 1. The second-order valence-electron chi connectivity index (χ2n) is 4.42. The molecule has 1 atom stereocenters. The number of carbonyl (C=O) groups excluding carboxylic acids is 1. The van der Waals surface area contributed by atoms with Crippen LogP contribution >= 0.6 is 0 Å². The van der Waals surface area contributed by atoms with Gasteiger partial charge in [0.25, 0.3) is 0 Å². The summed E-state index contributed by atoms with van der Waals surface area (Å²) in [7, 11) is 0. The summed E-state index contributed by atoms with van der Waals surface area (Å²) in [6.45, 7) is 10.5. The van der Waals surface area contributed by atoms with Gasteiger partial charge in [-0.3, -0.25) is 4.79 Å². The molecule has 0 radical (unpaired) electrons. The lowest BCUT2D eigenvalue weighted by Gasteiger charge is -2.21. The summed E-state index contributed by atoms with van der Waals surface area (Å²) < 4.78 is 0. The summed E-state index contributed by atoms with van der Waals surface area (Å²) >= 11 is 0. The third-order valence-corrected chi connectivity index (χ3v) is 2.18. The van der Waals surface area contributed by atoms with Gasteiger partial charge in [0.1, 0.15) is 0 Å². The Kier molecular flexibility index (Phi) is 5.76. The fourth-order valence-corrected chi connectivity index (χ4v) is 1.38. The Labute approximate surface area is 82.1 Å². The standard InChI is InChI=1S/C11H23NO/c1-6-10(9(4)5)12-11(13)7-8(2)3/h8-10H,6-7H2,1-5H3,(H,12,13)/t10-/m0/s1. The molecule has 0 aromatic rings. The lowest BCUT2D eigenvalue weighted by molar-refractivity contribution is -0.122. The maximum atomic E-state index is 11.4. The lowest BCUT2D eigenvalue weighted by Crippen LogP contribution is -2.38. The number of hydrogen-bond donors (Lipinski definition) is 1. The van der Waals surface area contributed by atoms with E-state index in [0.29, 0.717) is 24.3 Å². The van der Waals surface area contributed by atoms with Crippen molar-refractivity contribution in [2.45, 2.75) is 53.5 Å². The normalized spacial score (nSPS) is 13.5. The highest BCUT2D eigenvalue weighted by atomic mass is 16.1. The van der Waals surface area contributed by atoms with Crippen LogP contribution in [0.2, 0.25) is 0 Å². The van der Waals surface area contributed by atoms with Crippen molar-refractivity contribution >= 4 is 5.91 Å². The van der Waals surface area contributed by atoms with E-state index in [9.17, 15) is 4.79 Å². The van der Waals surface area contributed by atoms with Crippen LogP contribution in [0.1, 0.15) is 47.5 Å². The molecule has 0 fully saturated rings. The average molecular weight is 185 g/mol. The smallest absolute Gasteiger partial charge is 0.220 e. The highest BCUT2D eigenvalue weighted by Crippen LogP contribution is 2.07. The zero-order valence-electron chi connectivity index (χ0n) is 9.55. The van der Waals surface area contributed by atoms with Crippen LogP contribution < -0.4 is 5.32 Å². The van der Waals surface area contributed by atoms with Crippen LogP contribution in [0.4, 0.5) is 0 Å². The first-order valence-electron chi connectivity index (χ1n) is 5.26. The van der Waals surface area contributed by atoms with Gasteiger partial charge in [-0.2, -0.15) is 0 Å². The number of rotatable bonds is 5. The van der Waals surface area contributed by atoms with E-state index in [4.69, 9.17) is 0 Å². The molecular weight excluding hydrogens is 162 g/mol. The number of nitrogens with one attached hydrogen (secondary N) is 1. The zero-order chi connectivity index (χ0) is 10.4. The van der Waals surface area contributed by atoms with E-state index in [0.717, 1.165) is 6.42 Å². The Morgan fingerprint density at radius 2 is 1.77 bits per heavy atom. The van der Waals surface area contributed by atoms with Crippen LogP contribution in [0.25, 0.3) is 0 Å². The summed E-state index contributed by atoms with van der Waals surface area (Å²) in [5.41, 5.74) is 0. The van der Waals surface area contributed by atoms with Gasteiger partial charge in [0, 0.05) is 12.5 Å². The molecule has 2 nitrogen and oxygen atoms in total. The van der Waals surface area contributed by atoms with Crippen molar-refractivity contribution < 1.29 is 4.79 Å². The van der Waals surface area contributed by atoms with Crippen molar-refractivity contribution in [2.75, 3.05) is 0 Å². The third kappa shape index (κ3) is 5.67. The summed E-state index contributed by atoms with van der Waals surface area (Å²) in [4.78, 5) is 11.4. The molecule has 0 aliphatic carbocycles. The number of hydrogen-bond acceptors (Lipinski definition) is 1. The minimum absolute atomic E-state index is 0.190. The van der Waals surface area contributed by atoms with Crippen molar-refractivity contribution in [3.63, 3.8) is 0 Å². The van der Waals surface area contributed by atoms with Crippen molar-refractivity contribution in [2.24, 2.45) is 11.8 Å². The van der Waals surface area contributed by atoms with Gasteiger partial charge < -0.3 is 5.32 Å². The largest absolute Gasteiger partial charge is 0.353 e. The van der Waals surface area contributed by atoms with Gasteiger partial charge in [-0.05, 0) is 18.3 Å². The first-order valence-corrected chi connectivity index (χ1v) is 5.26. The first kappa shape index (κ1) is 12.5. The predicted molar refractivity (Wildman–Crippen MR) is 56.5 cm³/mol. The summed E-state index contributed by atoms with van der Waals surface area (Å²) in [6.07, 6.45) is 1.66. The molecule has 0 saturated heterocycles. The van der Waals surface area contributed by atoms with Crippen LogP contribution in [-0.2, 0) is 4.79 Å². The average Bonchev–Trinajstić information content (AvgIpc) is 1.98. The summed E-state index contributed by atoms with van der Waals surface area (Å²) in [5.74, 6) is 1.17. The fourth-order valence-electron chi connectivity index (χ4n) is 1.38. The summed E-state index contributed by atoms with van der Waals surface area (Å²) in [5, 5.41) is 3.06. The Morgan fingerprint density at radius 3 is 2.08 bits per heavy atom. The zero-order valence-corrected chi connectivity index (χ0v) is 9.55. The topological polar surface area (TPSA) is 29.1 Å². The van der Waals surface area contributed by atoms with Gasteiger partial charge in [0.2, 0.25) is 5.91 Å². The van der Waals surface area contributed by atoms with Crippen LogP contribution in [0.5, 0.6) is 0 Å². The van der Waals surface area contributed by atoms with Crippen molar-refractivity contribution in [1.29, 1.82) is 0 Å². The van der Waals surface area contributed by atoms with Crippen LogP contribution in [0.15, 0.2) is 0 Å². The molecule has 0 bridgehead atoms. The van der Waals surface area contributed by atoms with Crippen molar-refractivity contribution in [3.8, 4) is 0 Å². The van der Waals surface area contributed by atoms with E-state index >= 15 is 0 Å². The number of carbonyl (C=O) groups is 1. The van der Waals surface area contributed by atoms with Gasteiger partial charge in [0.15, 0.2) is 0 Å². The van der Waals surface area contributed by atoms with E-state index in [1.807, 2.05) is 0 Å². The van der Waals surface area contributed by atoms with Crippen molar-refractivity contribution in [3.05, 3.63) is 0 Å². The lowest BCUT2D eigenvalue weighted by atomic mass is 10.0. The SMILES string of the molecule is CC[C@H](NC(=O)CC(C)C)C(C)C. The Balaban J connectivity index is 3.87. The molecule has 0 unspecified atom stereocenters. The molecule has 0 aromatic heterocycles. The Bertz CT molecular complexity index is 152. The maximum absolute atomic E-state index is 11.4. The first-order chi connectivity index (χ1) is 5.97. The van der Waals surface area contributed by atoms with Crippen LogP contribution in [-0.4, -0.2) is 11.9 Å². The second-order valence-corrected chi connectivity index (χ2v) is 4.42. The molecule has 1 N–H and O–H groups in total. The fraction of sp³-hybridized carbons (Fsp3) is 0.909. The minimum Gasteiger partial charge on any atom is -0.353 e. The third-order valence-electron chi connectivity index (χ3n) is 2.18. The van der Waals surface area contributed by atoms with Gasteiger partial charge in [-0.1, -0.05) is 34.6 Å². The molecule has 0 rings (SSSR count). The van der Waals surface area contributed by atoms with Crippen molar-refractivity contribution in [1.82, 2.24) is 5.32 Å². The van der Waals surface area contributed by atoms with Gasteiger partial charge in [-0.15, -0.1) is 0 Å². The highest BCUT2D eigenvalue weighted by molar-refractivity contribution is 5.76. The predicted octanol–water partition coefficient (Wildman–Crippen LogP) is 2.58. The van der Waals surface area contributed by atoms with Crippen LogP contribution in [0, 0.1) is 11.8 Å². The molecule has 0 aliphatic rings. The Morgan fingerprint density at radius 1 is 1.23 bits per heavy atom. The molecule has 78 valence electrons. The van der Waals surface area contributed by atoms with E-state index in [-0.39, 0.29) is 5.91 Å². The van der Waals surface area contributed by atoms with Gasteiger partial charge >= 0.3 is 0 Å². The molecule has 2 heteroatoms. The molecule has 0 heterocycles. The van der Waals surface area contributed by atoms with Gasteiger partial charge in [-0.25, -0.2) is 0 Å². The van der Waals surface area contributed by atoms with E-state index in [2.05, 4.69) is 39.9 Å². The quantitative estimate of drug-likeness (QED) is 0.701. The highest BCUT2D eigenvalue weighted by Gasteiger charge is 2.14. The maximum Gasteiger partial charge on any atom is 0.220 e. The van der Waals surface area contributed by atoms with Gasteiger partial charge in [0.05, 0.1) is 0 Å². The molecule has 0 spiro atoms. The van der Waals surface area contributed by atoms with Crippen LogP contribution in [0.3, 0.4) is 0 Å².